The summed E-state index contributed by atoms with van der Waals surface area (Å²) in [7, 11) is 10.0. The first-order chi connectivity index (χ1) is 7.66. The van der Waals surface area contributed by atoms with Gasteiger partial charge < -0.3 is 0 Å². The van der Waals surface area contributed by atoms with Gasteiger partial charge >= 0.3 is 0 Å². The Hall–Kier alpha value is 0.439. The maximum absolute atomic E-state index is 4.50. The van der Waals surface area contributed by atoms with Crippen LogP contribution in [0.5, 0.6) is 0 Å². The predicted molar refractivity (Wildman–Crippen MR) is 106 cm³/mol. The van der Waals surface area contributed by atoms with Crippen molar-refractivity contribution in [3.63, 3.8) is 0 Å². The van der Waals surface area contributed by atoms with E-state index in [4.69, 9.17) is 0 Å². The van der Waals surface area contributed by atoms with E-state index >= 15 is 0 Å². The summed E-state index contributed by atoms with van der Waals surface area (Å²) < 4.78 is 0. The third kappa shape index (κ3) is 20.4. The lowest BCUT2D eigenvalue weighted by Gasteiger charge is -2.37. The quantitative estimate of drug-likeness (QED) is 0.449. The Morgan fingerprint density at radius 3 is 0.952 bits per heavy atom. The molecule has 20 radical (unpaired) electrons. The van der Waals surface area contributed by atoms with Crippen LogP contribution in [0.3, 0.4) is 0 Å². The van der Waals surface area contributed by atoms with E-state index in [2.05, 4.69) is 59.9 Å². The average Bonchev–Trinajstić information content (AvgIpc) is 2.30. The van der Waals surface area contributed by atoms with Crippen molar-refractivity contribution in [1.29, 1.82) is 0 Å². The largest absolute Gasteiger partial charge is 0.288 e. The van der Waals surface area contributed by atoms with Crippen molar-refractivity contribution in [2.75, 3.05) is 26.2 Å². The Labute approximate surface area is 148 Å². The van der Waals surface area contributed by atoms with Gasteiger partial charge in [-0.15, -0.1) is 0 Å². The lowest BCUT2D eigenvalue weighted by atomic mass is 9.40. The van der Waals surface area contributed by atoms with Gasteiger partial charge in [-0.25, -0.2) is 0 Å². The lowest BCUT2D eigenvalue weighted by Crippen LogP contribution is -2.47. The van der Waals surface area contributed by atoms with Gasteiger partial charge in [-0.05, 0) is 32.6 Å². The maximum atomic E-state index is 4.50. The second-order valence-electron chi connectivity index (χ2n) is 3.52. The van der Waals surface area contributed by atoms with Gasteiger partial charge in [0.15, 0.2) is 0 Å². The first-order valence-corrected chi connectivity index (χ1v) is 6.39. The molecule has 0 amide bonds. The van der Waals surface area contributed by atoms with Gasteiger partial charge in [0.1, 0.15) is 0 Å². The van der Waals surface area contributed by atoms with Crippen LogP contribution in [0.4, 0.5) is 0 Å². The van der Waals surface area contributed by atoms with Gasteiger partial charge in [0.2, 0.25) is 0 Å². The molecule has 0 aromatic rings. The Morgan fingerprint density at radius 1 is 0.667 bits per heavy atom. The summed E-state index contributed by atoms with van der Waals surface area (Å²) in [5.74, 6) is 0. The molecule has 2 nitrogen and oxygen atoms in total. The Balaban J connectivity index is -0.0000000451. The molecule has 0 rings (SSSR count). The number of nitrogens with zero attached hydrogens (tertiary/aromatic N) is 2. The highest BCUT2D eigenvalue weighted by Crippen LogP contribution is 2.09. The molecule has 0 aliphatic rings. The molecular formula is C11H26B8N2. The smallest absolute Gasteiger partial charge is 0.0619 e. The normalized spacial score (nSPS) is 8.00. The van der Waals surface area contributed by atoms with Crippen molar-refractivity contribution >= 4 is 64.6 Å². The molecule has 0 saturated carbocycles. The van der Waals surface area contributed by atoms with Crippen LogP contribution in [0, 0.1) is 0 Å². The molecule has 0 aliphatic heterocycles. The third-order valence-electron chi connectivity index (χ3n) is 2.83. The number of hydrogen-bond donors (Lipinski definition) is 0. The average molecular weight is 273 g/mol. The zero-order valence-electron chi connectivity index (χ0n) is 14.6. The summed E-state index contributed by atoms with van der Waals surface area (Å²) in [6, 6.07) is 0. The topological polar surface area (TPSA) is 6.48 Å². The second-order valence-corrected chi connectivity index (χ2v) is 3.52. The Kier molecular flexibility index (Phi) is 66.3. The molecule has 0 spiro atoms. The van der Waals surface area contributed by atoms with E-state index in [0.717, 1.165) is 33.2 Å². The first-order valence-electron chi connectivity index (χ1n) is 6.39. The molecule has 0 atom stereocenters. The summed E-state index contributed by atoms with van der Waals surface area (Å²) in [5.41, 5.74) is 0. The molecule has 0 aliphatic carbocycles. The van der Waals surface area contributed by atoms with Crippen LogP contribution in [-0.4, -0.2) is 107 Å². The van der Waals surface area contributed by atoms with Crippen molar-refractivity contribution in [3.8, 4) is 0 Å². The fourth-order valence-electron chi connectivity index (χ4n) is 2.04. The van der Waals surface area contributed by atoms with Crippen LogP contribution in [0.25, 0.3) is 0 Å². The van der Waals surface area contributed by atoms with E-state index in [9.17, 15) is 0 Å². The van der Waals surface area contributed by atoms with Crippen molar-refractivity contribution in [2.24, 2.45) is 0 Å². The SMILES string of the molecule is CCC(N(CC)CC)N(CC)CC.[B].[B].[B].[B].[B].[B][B][B]. The molecule has 21 heavy (non-hydrogen) atoms. The maximum Gasteiger partial charge on any atom is 0.0619 e. The van der Waals surface area contributed by atoms with Gasteiger partial charge in [-0.2, -0.15) is 0 Å². The van der Waals surface area contributed by atoms with E-state index in [1.54, 1.807) is 0 Å². The molecule has 0 heterocycles. The number of hydrogen-bond acceptors (Lipinski definition) is 2. The van der Waals surface area contributed by atoms with E-state index in [1.807, 2.05) is 0 Å². The minimum atomic E-state index is 0. The second kappa shape index (κ2) is 32.4. The molecule has 0 bridgehead atoms. The monoisotopic (exact) mass is 274 g/mol. The lowest BCUT2D eigenvalue weighted by molar-refractivity contribution is 0.0539. The van der Waals surface area contributed by atoms with Crippen LogP contribution in [0.15, 0.2) is 0 Å². The first kappa shape index (κ1) is 43.0. The zero-order chi connectivity index (χ0) is 13.0. The molecule has 0 fully saturated rings. The summed E-state index contributed by atoms with van der Waals surface area (Å²) in [4.78, 5) is 5.07. The van der Waals surface area contributed by atoms with Crippen LogP contribution in [0.2, 0.25) is 0 Å². The van der Waals surface area contributed by atoms with Gasteiger partial charge in [-0.3, -0.25) is 9.80 Å². The molecule has 0 aromatic heterocycles. The minimum Gasteiger partial charge on any atom is -0.288 e. The van der Waals surface area contributed by atoms with Crippen molar-refractivity contribution in [3.05, 3.63) is 0 Å². The van der Waals surface area contributed by atoms with E-state index in [-0.39, 0.29) is 42.1 Å². The van der Waals surface area contributed by atoms with Crippen molar-refractivity contribution < 1.29 is 0 Å². The molecule has 0 aromatic carbocycles. The third-order valence-corrected chi connectivity index (χ3v) is 2.83. The molecule has 0 N–H and O–H groups in total. The van der Waals surface area contributed by atoms with E-state index in [1.165, 1.54) is 6.42 Å². The van der Waals surface area contributed by atoms with Gasteiger partial charge in [0.25, 0.3) is 0 Å². The standard InChI is InChI=1S/C11H26N2.B3.5B/c1-6-11(12(7-2)8-3)13(9-4)10-5;1-3-2;;;;;/h11H,6-10H2,1-5H3;;;;;;. The highest BCUT2D eigenvalue weighted by molar-refractivity contribution is 7.17. The fraction of sp³-hybridized carbons (Fsp3) is 1.00. The molecule has 0 unspecified atom stereocenters. The Bertz CT molecular complexity index is 125. The van der Waals surface area contributed by atoms with Gasteiger partial charge in [-0.1, -0.05) is 34.6 Å². The molecular weight excluding hydrogens is 247 g/mol. The van der Waals surface area contributed by atoms with Gasteiger partial charge in [0, 0.05) is 64.6 Å². The van der Waals surface area contributed by atoms with Gasteiger partial charge in [0.05, 0.1) is 6.17 Å². The molecule has 0 saturated heterocycles. The minimum absolute atomic E-state index is 0. The predicted octanol–water partition coefficient (Wildman–Crippen LogP) is -0.640. The van der Waals surface area contributed by atoms with Crippen LogP contribution < -0.4 is 0 Å². The summed E-state index contributed by atoms with van der Waals surface area (Å²) >= 11 is 0. The van der Waals surface area contributed by atoms with E-state index < -0.39 is 0 Å². The Morgan fingerprint density at radius 2 is 0.857 bits per heavy atom. The summed E-state index contributed by atoms with van der Waals surface area (Å²) in [6.45, 7) is 15.9. The van der Waals surface area contributed by atoms with Crippen molar-refractivity contribution in [2.45, 2.75) is 47.2 Å². The highest BCUT2D eigenvalue weighted by atomic mass is 15.3. The summed E-state index contributed by atoms with van der Waals surface area (Å²) in [5, 5.41) is 0. The molecule has 10 heteroatoms. The molecule has 104 valence electrons. The van der Waals surface area contributed by atoms with Crippen LogP contribution >= 0.6 is 0 Å². The van der Waals surface area contributed by atoms with E-state index in [0.29, 0.717) is 6.17 Å². The highest BCUT2D eigenvalue weighted by Gasteiger charge is 2.18. The van der Waals surface area contributed by atoms with Crippen molar-refractivity contribution in [1.82, 2.24) is 9.80 Å². The fourth-order valence-corrected chi connectivity index (χ4v) is 2.04. The zero-order valence-corrected chi connectivity index (χ0v) is 14.6. The number of rotatable bonds is 7. The van der Waals surface area contributed by atoms with Crippen LogP contribution in [0.1, 0.15) is 41.0 Å². The van der Waals surface area contributed by atoms with Crippen LogP contribution in [-0.2, 0) is 0 Å². The summed E-state index contributed by atoms with van der Waals surface area (Å²) in [6.07, 6.45) is 1.87.